The molecule has 0 saturated heterocycles. The Labute approximate surface area is 104 Å². The van der Waals surface area contributed by atoms with Crippen LogP contribution in [-0.2, 0) is 0 Å². The summed E-state index contributed by atoms with van der Waals surface area (Å²) < 4.78 is 0.0546. The maximum Gasteiger partial charge on any atom is 0.447 e. The summed E-state index contributed by atoms with van der Waals surface area (Å²) in [5, 5.41) is 47.5. The highest BCUT2D eigenvalue weighted by Gasteiger charge is 2.51. The summed E-state index contributed by atoms with van der Waals surface area (Å²) in [7, 11) is 0. The molecule has 16 nitrogen and oxygen atoms in total. The van der Waals surface area contributed by atoms with Crippen LogP contribution in [0.15, 0.2) is 0 Å². The van der Waals surface area contributed by atoms with E-state index in [4.69, 9.17) is 0 Å². The molecule has 2 aromatic heterocycles. The van der Waals surface area contributed by atoms with E-state index in [1.54, 1.807) is 0 Å². The summed E-state index contributed by atoms with van der Waals surface area (Å²) in [6, 6.07) is 0. The van der Waals surface area contributed by atoms with Gasteiger partial charge < -0.3 is 20.2 Å². The zero-order valence-electron chi connectivity index (χ0n) is 8.84. The lowest BCUT2D eigenvalue weighted by Gasteiger charge is -1.89. The third-order valence-electron chi connectivity index (χ3n) is 2.15. The fourth-order valence-electron chi connectivity index (χ4n) is 1.51. The Morgan fingerprint density at radius 3 is 1.75 bits per heavy atom. The van der Waals surface area contributed by atoms with Crippen molar-refractivity contribution >= 4 is 22.8 Å². The van der Waals surface area contributed by atoms with Gasteiger partial charge in [0.2, 0.25) is 5.21 Å². The minimum absolute atomic E-state index is 0.0546. The molecular weight excluding hydrogens is 288 g/mol. The van der Waals surface area contributed by atoms with Gasteiger partial charge in [0.25, 0.3) is 0 Å². The zero-order chi connectivity index (χ0) is 15.2. The fraction of sp³-hybridized carbons (Fsp3) is 0. The lowest BCUT2D eigenvalue weighted by atomic mass is 10.4. The molecule has 0 atom stereocenters. The molecule has 0 N–H and O–H groups in total. The molecule has 20 heavy (non-hydrogen) atoms. The molecule has 2 heterocycles. The highest BCUT2D eigenvalue weighted by molar-refractivity contribution is 5.79. The van der Waals surface area contributed by atoms with Crippen molar-refractivity contribution in [2.75, 3.05) is 0 Å². The van der Waals surface area contributed by atoms with Crippen molar-refractivity contribution in [1.82, 2.24) is 19.7 Å². The molecule has 0 aromatic carbocycles. The standard InChI is InChI=1S/C4N8O8/c13-9(14)1-2(10(15)16)4(11(17)18)7-3(1)8(6-5-7)12(19)20. The van der Waals surface area contributed by atoms with E-state index in [0.29, 0.717) is 0 Å². The predicted molar refractivity (Wildman–Crippen MR) is 53.3 cm³/mol. The Balaban J connectivity index is 3.08. The number of hydrogen-bond donors (Lipinski definition) is 0. The van der Waals surface area contributed by atoms with Gasteiger partial charge in [-0.25, -0.2) is 0 Å². The third-order valence-corrected chi connectivity index (χ3v) is 2.15. The summed E-state index contributed by atoms with van der Waals surface area (Å²) in [6.45, 7) is 0. The summed E-state index contributed by atoms with van der Waals surface area (Å²) >= 11 is 0. The number of aromatic nitrogens is 4. The minimum atomic E-state index is -1.51. The Kier molecular flexibility index (Phi) is 2.48. The molecule has 0 aliphatic carbocycles. The van der Waals surface area contributed by atoms with Crippen molar-refractivity contribution < 1.29 is 19.8 Å². The molecule has 0 fully saturated rings. The van der Waals surface area contributed by atoms with Crippen LogP contribution in [0.3, 0.4) is 0 Å². The molecular formula is C4N8O8. The van der Waals surface area contributed by atoms with Crippen molar-refractivity contribution in [3.05, 3.63) is 40.5 Å². The number of fused-ring (bicyclic) bond motifs is 1. The van der Waals surface area contributed by atoms with E-state index in [1.165, 1.54) is 0 Å². The second-order valence-electron chi connectivity index (χ2n) is 3.13. The lowest BCUT2D eigenvalue weighted by Crippen LogP contribution is -2.11. The van der Waals surface area contributed by atoms with Crippen LogP contribution in [0.4, 0.5) is 17.2 Å². The molecule has 0 unspecified atom stereocenters. The summed E-state index contributed by atoms with van der Waals surface area (Å²) in [4.78, 5) is 38.6. The van der Waals surface area contributed by atoms with Gasteiger partial charge in [-0.1, -0.05) is 0 Å². The highest BCUT2D eigenvalue weighted by Crippen LogP contribution is 2.41. The van der Waals surface area contributed by atoms with Gasteiger partial charge >= 0.3 is 22.8 Å². The van der Waals surface area contributed by atoms with Gasteiger partial charge in [-0.3, -0.25) is 20.2 Å². The fourth-order valence-corrected chi connectivity index (χ4v) is 1.51. The molecule has 0 spiro atoms. The van der Waals surface area contributed by atoms with Gasteiger partial charge in [-0.2, -0.15) is 0 Å². The maximum atomic E-state index is 10.8. The normalized spacial score (nSPS) is 10.6. The SMILES string of the molecule is O=[N+]([O-])c1c([N+](=O)[O-])c2n([N+](=O)[O-])nnn2c1[N+](=O)[O-]. The van der Waals surface area contributed by atoms with Crippen molar-refractivity contribution in [3.63, 3.8) is 0 Å². The van der Waals surface area contributed by atoms with Crippen LogP contribution in [0, 0.1) is 40.5 Å². The molecule has 2 aromatic rings. The molecule has 104 valence electrons. The quantitative estimate of drug-likeness (QED) is 0.509. The average Bonchev–Trinajstić information content (AvgIpc) is 2.82. The predicted octanol–water partition coefficient (Wildman–Crippen LogP) is -0.705. The van der Waals surface area contributed by atoms with Gasteiger partial charge in [-0.15, -0.1) is 0 Å². The summed E-state index contributed by atoms with van der Waals surface area (Å²) in [5.41, 5.74) is -4.05. The maximum absolute atomic E-state index is 10.8. The van der Waals surface area contributed by atoms with Crippen LogP contribution in [0.1, 0.15) is 0 Å². The van der Waals surface area contributed by atoms with E-state index < -0.39 is 42.6 Å². The highest BCUT2D eigenvalue weighted by atomic mass is 16.7. The van der Waals surface area contributed by atoms with E-state index in [1.807, 2.05) is 0 Å². The number of nitrogens with zero attached hydrogens (tertiary/aromatic N) is 8. The Morgan fingerprint density at radius 2 is 1.35 bits per heavy atom. The molecule has 0 amide bonds. The lowest BCUT2D eigenvalue weighted by molar-refractivity contribution is -0.550. The topological polar surface area (TPSA) is 208 Å². The number of hydrogen-bond acceptors (Lipinski definition) is 10. The zero-order valence-corrected chi connectivity index (χ0v) is 8.84. The van der Waals surface area contributed by atoms with Crippen LogP contribution in [-0.4, -0.2) is 39.5 Å². The van der Waals surface area contributed by atoms with Crippen LogP contribution < -0.4 is 0 Å². The van der Waals surface area contributed by atoms with E-state index in [-0.39, 0.29) is 9.31 Å². The van der Waals surface area contributed by atoms with Gasteiger partial charge in [0, 0.05) is 0 Å². The smallest absolute Gasteiger partial charge is 0.358 e. The molecule has 0 radical (unpaired) electrons. The van der Waals surface area contributed by atoms with E-state index in [9.17, 15) is 40.5 Å². The largest absolute Gasteiger partial charge is 0.447 e. The van der Waals surface area contributed by atoms with Crippen molar-refractivity contribution in [2.45, 2.75) is 0 Å². The second-order valence-corrected chi connectivity index (χ2v) is 3.13. The summed E-state index contributed by atoms with van der Waals surface area (Å²) in [6.07, 6.45) is 0. The number of nitro groups is 4. The molecule has 16 heteroatoms. The first kappa shape index (κ1) is 12.7. The average molecular weight is 288 g/mol. The molecule has 0 bridgehead atoms. The third kappa shape index (κ3) is 1.48. The van der Waals surface area contributed by atoms with Gasteiger partial charge in [-0.05, 0) is 9.44 Å². The van der Waals surface area contributed by atoms with Crippen LogP contribution in [0.5, 0.6) is 0 Å². The molecule has 2 rings (SSSR count). The monoisotopic (exact) mass is 288 g/mol. The van der Waals surface area contributed by atoms with Crippen LogP contribution in [0.2, 0.25) is 0 Å². The first-order valence-electron chi connectivity index (χ1n) is 4.35. The molecule has 0 aliphatic rings. The van der Waals surface area contributed by atoms with Crippen LogP contribution >= 0.6 is 0 Å². The molecule has 0 aliphatic heterocycles. The Hall–Kier alpha value is -3.72. The molecule has 0 saturated carbocycles. The van der Waals surface area contributed by atoms with Crippen molar-refractivity contribution in [3.8, 4) is 0 Å². The van der Waals surface area contributed by atoms with Crippen molar-refractivity contribution in [1.29, 1.82) is 0 Å². The van der Waals surface area contributed by atoms with Gasteiger partial charge in [0.15, 0.2) is 5.21 Å². The van der Waals surface area contributed by atoms with Gasteiger partial charge in [0.1, 0.15) is 4.79 Å². The minimum Gasteiger partial charge on any atom is -0.358 e. The van der Waals surface area contributed by atoms with Gasteiger partial charge in [0.05, 0.1) is 14.9 Å². The van der Waals surface area contributed by atoms with Crippen LogP contribution in [0.25, 0.3) is 5.65 Å². The Bertz CT molecular complexity index is 784. The number of rotatable bonds is 4. The van der Waals surface area contributed by atoms with Crippen molar-refractivity contribution in [2.24, 2.45) is 0 Å². The second kappa shape index (κ2) is 3.90. The summed E-state index contributed by atoms with van der Waals surface area (Å²) in [5.74, 6) is -1.40. The Morgan fingerprint density at radius 1 is 0.800 bits per heavy atom. The first-order chi connectivity index (χ1) is 9.27. The number of tetrazole rings is 1. The first-order valence-corrected chi connectivity index (χ1v) is 4.35. The van der Waals surface area contributed by atoms with E-state index >= 15 is 0 Å². The van der Waals surface area contributed by atoms with E-state index in [2.05, 4.69) is 10.4 Å². The van der Waals surface area contributed by atoms with E-state index in [0.717, 1.165) is 0 Å².